The van der Waals surface area contributed by atoms with E-state index in [1.807, 2.05) is 18.0 Å². The number of nitrogens with one attached hydrogen (secondary N) is 2. The highest BCUT2D eigenvalue weighted by Crippen LogP contribution is 2.30. The SMILES string of the molecule is C[C@@H](C(=O)N[C@H]1CN(C)c2ccc(Cl)cc2C(c2ccccc2F)=N1)[C@@H](O)[C@H]1CCCN1. The topological polar surface area (TPSA) is 77.0 Å². The highest BCUT2D eigenvalue weighted by atomic mass is 35.5. The molecule has 2 aliphatic rings. The minimum Gasteiger partial charge on any atom is -0.391 e. The van der Waals surface area contributed by atoms with Crippen LogP contribution < -0.4 is 15.5 Å². The molecule has 170 valence electrons. The molecule has 3 N–H and O–H groups in total. The molecule has 6 nitrogen and oxygen atoms in total. The van der Waals surface area contributed by atoms with Crippen molar-refractivity contribution < 1.29 is 14.3 Å². The number of benzodiazepines with no additional fused rings is 1. The number of anilines is 1. The van der Waals surface area contributed by atoms with E-state index in [1.165, 1.54) is 6.07 Å². The molecule has 8 heteroatoms. The molecule has 4 rings (SSSR count). The van der Waals surface area contributed by atoms with Gasteiger partial charge in [0.1, 0.15) is 12.0 Å². The van der Waals surface area contributed by atoms with E-state index < -0.39 is 24.0 Å². The summed E-state index contributed by atoms with van der Waals surface area (Å²) in [6, 6.07) is 11.8. The maximum absolute atomic E-state index is 14.7. The van der Waals surface area contributed by atoms with Crippen molar-refractivity contribution in [2.75, 3.05) is 25.0 Å². The number of fused-ring (bicyclic) bond motifs is 1. The summed E-state index contributed by atoms with van der Waals surface area (Å²) < 4.78 is 14.7. The number of aliphatic hydroxyl groups excluding tert-OH is 1. The Kier molecular flexibility index (Phi) is 6.79. The standard InChI is InChI=1S/C24H28ClFN4O2/c1-14(23(31)19-8-5-11-27-19)24(32)29-21-13-30(2)20-10-9-15(25)12-17(20)22(28-21)16-6-3-4-7-18(16)26/h3-4,6-7,9-10,12,14,19,21,23,27,31H,5,8,11,13H2,1-2H3,(H,29,32)/t14-,19-,21+,23-/m1/s1. The third-order valence-electron chi connectivity index (χ3n) is 6.23. The van der Waals surface area contributed by atoms with Gasteiger partial charge in [-0.3, -0.25) is 9.79 Å². The minimum atomic E-state index is -0.785. The van der Waals surface area contributed by atoms with Crippen molar-refractivity contribution in [1.29, 1.82) is 0 Å². The first-order valence-electron chi connectivity index (χ1n) is 10.9. The maximum atomic E-state index is 14.7. The third kappa shape index (κ3) is 4.65. The largest absolute Gasteiger partial charge is 0.391 e. The predicted octanol–water partition coefficient (Wildman–Crippen LogP) is 2.96. The summed E-state index contributed by atoms with van der Waals surface area (Å²) in [6.07, 6.45) is 0.420. The lowest BCUT2D eigenvalue weighted by Gasteiger charge is -2.27. The van der Waals surface area contributed by atoms with Crippen LogP contribution in [0, 0.1) is 11.7 Å². The van der Waals surface area contributed by atoms with Crippen LogP contribution in [0.3, 0.4) is 0 Å². The molecule has 2 aromatic rings. The zero-order valence-electron chi connectivity index (χ0n) is 18.2. The summed E-state index contributed by atoms with van der Waals surface area (Å²) in [5, 5.41) is 17.3. The van der Waals surface area contributed by atoms with Crippen LogP contribution in [0.25, 0.3) is 0 Å². The number of hydrogen-bond acceptors (Lipinski definition) is 5. The van der Waals surface area contributed by atoms with Gasteiger partial charge in [0.25, 0.3) is 0 Å². The van der Waals surface area contributed by atoms with Crippen LogP contribution in [0.5, 0.6) is 0 Å². The van der Waals surface area contributed by atoms with Crippen molar-refractivity contribution in [2.24, 2.45) is 10.9 Å². The Bertz CT molecular complexity index is 1020. The Labute approximate surface area is 192 Å². The zero-order valence-corrected chi connectivity index (χ0v) is 18.9. The number of aliphatic hydroxyl groups is 1. The predicted molar refractivity (Wildman–Crippen MR) is 125 cm³/mol. The van der Waals surface area contributed by atoms with E-state index in [0.717, 1.165) is 25.1 Å². The monoisotopic (exact) mass is 458 g/mol. The number of nitrogens with zero attached hydrogens (tertiary/aromatic N) is 2. The lowest BCUT2D eigenvalue weighted by Crippen LogP contribution is -2.49. The summed E-state index contributed by atoms with van der Waals surface area (Å²) in [4.78, 5) is 19.7. The van der Waals surface area contributed by atoms with Gasteiger partial charge in [0, 0.05) is 34.9 Å². The quantitative estimate of drug-likeness (QED) is 0.643. The summed E-state index contributed by atoms with van der Waals surface area (Å²) in [6.45, 7) is 2.96. The molecule has 32 heavy (non-hydrogen) atoms. The van der Waals surface area contributed by atoms with Crippen LogP contribution in [0.4, 0.5) is 10.1 Å². The molecule has 0 spiro atoms. The molecule has 4 atom stereocenters. The van der Waals surface area contributed by atoms with Gasteiger partial charge in [-0.05, 0) is 49.7 Å². The number of halogens is 2. The van der Waals surface area contributed by atoms with E-state index in [9.17, 15) is 14.3 Å². The maximum Gasteiger partial charge on any atom is 0.227 e. The van der Waals surface area contributed by atoms with Gasteiger partial charge in [0.15, 0.2) is 0 Å². The highest BCUT2D eigenvalue weighted by Gasteiger charge is 2.33. The summed E-state index contributed by atoms with van der Waals surface area (Å²) in [5.74, 6) is -1.30. The van der Waals surface area contributed by atoms with E-state index in [-0.39, 0.29) is 11.9 Å². The van der Waals surface area contributed by atoms with Gasteiger partial charge in [0.05, 0.1) is 24.3 Å². The fraction of sp³-hybridized carbons (Fsp3) is 0.417. The van der Waals surface area contributed by atoms with Gasteiger partial charge in [-0.2, -0.15) is 0 Å². The molecule has 0 unspecified atom stereocenters. The molecule has 0 bridgehead atoms. The highest BCUT2D eigenvalue weighted by molar-refractivity contribution is 6.31. The average molecular weight is 459 g/mol. The molecule has 2 aliphatic heterocycles. The van der Waals surface area contributed by atoms with Crippen molar-refractivity contribution in [3.05, 3.63) is 64.4 Å². The number of carbonyl (C=O) groups excluding carboxylic acids is 1. The van der Waals surface area contributed by atoms with Crippen molar-refractivity contribution in [1.82, 2.24) is 10.6 Å². The molecule has 1 amide bonds. The van der Waals surface area contributed by atoms with Crippen molar-refractivity contribution >= 4 is 28.9 Å². The number of hydrogen-bond donors (Lipinski definition) is 3. The van der Waals surface area contributed by atoms with E-state index in [0.29, 0.717) is 28.4 Å². The second kappa shape index (κ2) is 9.57. The Morgan fingerprint density at radius 1 is 1.31 bits per heavy atom. The number of carbonyl (C=O) groups is 1. The van der Waals surface area contributed by atoms with E-state index in [4.69, 9.17) is 16.6 Å². The number of aliphatic imine (C=N–C) groups is 1. The second-order valence-corrected chi connectivity index (χ2v) is 8.94. The lowest BCUT2D eigenvalue weighted by molar-refractivity contribution is -0.129. The fourth-order valence-electron chi connectivity index (χ4n) is 4.40. The van der Waals surface area contributed by atoms with Gasteiger partial charge < -0.3 is 20.6 Å². The number of likely N-dealkylation sites (N-methyl/N-ethyl adjacent to an activating group) is 1. The van der Waals surface area contributed by atoms with Crippen LogP contribution >= 0.6 is 11.6 Å². The van der Waals surface area contributed by atoms with Crippen LogP contribution in [0.2, 0.25) is 5.02 Å². The molecular formula is C24H28ClFN4O2. The van der Waals surface area contributed by atoms with Gasteiger partial charge in [-0.1, -0.05) is 30.7 Å². The molecule has 1 saturated heterocycles. The minimum absolute atomic E-state index is 0.0866. The summed E-state index contributed by atoms with van der Waals surface area (Å²) in [5.41, 5.74) is 2.32. The number of rotatable bonds is 5. The third-order valence-corrected chi connectivity index (χ3v) is 6.47. The van der Waals surface area contributed by atoms with Crippen LogP contribution in [-0.2, 0) is 4.79 Å². The Balaban J connectivity index is 1.66. The normalized spacial score (nSPS) is 22.5. The van der Waals surface area contributed by atoms with Gasteiger partial charge in [0.2, 0.25) is 5.91 Å². The van der Waals surface area contributed by atoms with Gasteiger partial charge >= 0.3 is 0 Å². The first-order chi connectivity index (χ1) is 15.3. The van der Waals surface area contributed by atoms with Crippen LogP contribution in [-0.4, -0.2) is 55.2 Å². The number of benzene rings is 2. The first kappa shape index (κ1) is 22.7. The number of amides is 1. The van der Waals surface area contributed by atoms with Crippen molar-refractivity contribution in [3.8, 4) is 0 Å². The molecule has 0 aliphatic carbocycles. The van der Waals surface area contributed by atoms with Crippen molar-refractivity contribution in [3.63, 3.8) is 0 Å². The smallest absolute Gasteiger partial charge is 0.227 e. The van der Waals surface area contributed by atoms with Crippen LogP contribution in [0.15, 0.2) is 47.5 Å². The van der Waals surface area contributed by atoms with Gasteiger partial charge in [-0.25, -0.2) is 4.39 Å². The summed E-state index contributed by atoms with van der Waals surface area (Å²) >= 11 is 6.26. The second-order valence-electron chi connectivity index (χ2n) is 8.51. The molecule has 0 aromatic heterocycles. The van der Waals surface area contributed by atoms with Gasteiger partial charge in [-0.15, -0.1) is 0 Å². The fourth-order valence-corrected chi connectivity index (χ4v) is 4.57. The Morgan fingerprint density at radius 3 is 2.81 bits per heavy atom. The van der Waals surface area contributed by atoms with E-state index in [1.54, 1.807) is 37.3 Å². The summed E-state index contributed by atoms with van der Waals surface area (Å²) in [7, 11) is 1.90. The molecule has 2 heterocycles. The van der Waals surface area contributed by atoms with Crippen LogP contribution in [0.1, 0.15) is 30.9 Å². The lowest BCUT2D eigenvalue weighted by atomic mass is 9.96. The van der Waals surface area contributed by atoms with E-state index >= 15 is 0 Å². The Morgan fingerprint density at radius 2 is 2.09 bits per heavy atom. The molecule has 2 aromatic carbocycles. The Hall–Kier alpha value is -2.48. The first-order valence-corrected chi connectivity index (χ1v) is 11.3. The van der Waals surface area contributed by atoms with Crippen molar-refractivity contribution in [2.45, 2.75) is 38.1 Å². The molecule has 1 fully saturated rings. The molecule has 0 radical (unpaired) electrons. The molecular weight excluding hydrogens is 431 g/mol. The molecule has 0 saturated carbocycles. The average Bonchev–Trinajstić information content (AvgIpc) is 3.27. The zero-order chi connectivity index (χ0) is 22.8. The van der Waals surface area contributed by atoms with E-state index in [2.05, 4.69) is 10.6 Å².